The van der Waals surface area contributed by atoms with Gasteiger partial charge in [-0.15, -0.1) is 0 Å². The standard InChI is InChI=1S/C32H12BF24.C18H14N2O2/c34-25(35,36)13-1-14(26(37,38)39)6-21(5-13)33(22-7-15(27(40,41)42)2-16(8-22)28(43,44)45,23-9-17(29(46,47)48)3-18(10-23)30(49,50)51)24-11-19(31(52,53)54)4-20(12-24)32(55,56)57;19-18(22)16-10-14-8-4-5-9-15(14)11-20(16)12-17(21)13-6-2-1-3-7-13/h1-12H;1-11H,12H2,(H-,19,22)/q-1;/p+1. The zero-order valence-corrected chi connectivity index (χ0v) is 38.5. The first kappa shape index (κ1) is 60.5. The van der Waals surface area contributed by atoms with E-state index in [1.165, 1.54) is 0 Å². The van der Waals surface area contributed by atoms with Crippen LogP contribution in [-0.2, 0) is 56.0 Å². The Balaban J connectivity index is 0.000000378. The number of carbonyl (C=O) groups excluding carboxylic acids is 2. The highest BCUT2D eigenvalue weighted by Crippen LogP contribution is 2.41. The van der Waals surface area contributed by atoms with E-state index in [0.717, 1.165) is 10.8 Å². The van der Waals surface area contributed by atoms with Gasteiger partial charge in [-0.3, -0.25) is 9.59 Å². The Morgan fingerprint density at radius 3 is 0.861 bits per heavy atom. The number of alkyl halides is 24. The number of hydrogen-bond donors (Lipinski definition) is 1. The van der Waals surface area contributed by atoms with Gasteiger partial charge < -0.3 is 5.73 Å². The van der Waals surface area contributed by atoms with Gasteiger partial charge in [0.1, 0.15) is 6.15 Å². The second-order valence-corrected chi connectivity index (χ2v) is 17.3. The van der Waals surface area contributed by atoms with Crippen molar-refractivity contribution in [3.63, 3.8) is 0 Å². The Morgan fingerprint density at radius 2 is 0.608 bits per heavy atom. The van der Waals surface area contributed by atoms with Crippen molar-refractivity contribution in [1.82, 2.24) is 0 Å². The molecule has 0 spiro atoms. The van der Waals surface area contributed by atoms with Crippen LogP contribution >= 0.6 is 0 Å². The fraction of sp³-hybridized carbons (Fsp3) is 0.180. The van der Waals surface area contributed by atoms with Crippen molar-refractivity contribution in [2.24, 2.45) is 5.73 Å². The molecule has 0 aliphatic heterocycles. The number of halogens is 24. The summed E-state index contributed by atoms with van der Waals surface area (Å²) in [5, 5.41) is 1.87. The largest absolute Gasteiger partial charge is 0.416 e. The van der Waals surface area contributed by atoms with Crippen LogP contribution in [0.4, 0.5) is 105 Å². The number of primary amides is 1. The van der Waals surface area contributed by atoms with Gasteiger partial charge in [0, 0.05) is 17.0 Å². The van der Waals surface area contributed by atoms with Crippen molar-refractivity contribution in [3.8, 4) is 0 Å². The van der Waals surface area contributed by atoms with Crippen molar-refractivity contribution in [2.45, 2.75) is 56.0 Å². The number of nitrogens with two attached hydrogens (primary N) is 1. The highest BCUT2D eigenvalue weighted by atomic mass is 19.4. The first-order valence-electron chi connectivity index (χ1n) is 21.6. The number of carbonyl (C=O) groups is 2. The number of nitrogens with zero attached hydrogens (tertiary/aromatic N) is 1. The lowest BCUT2D eigenvalue weighted by Gasteiger charge is -2.46. The molecule has 79 heavy (non-hydrogen) atoms. The summed E-state index contributed by atoms with van der Waals surface area (Å²) in [7, 11) is 0. The smallest absolute Gasteiger partial charge is 0.360 e. The highest BCUT2D eigenvalue weighted by molar-refractivity contribution is 7.20. The lowest BCUT2D eigenvalue weighted by molar-refractivity contribution is -0.683. The van der Waals surface area contributed by atoms with Crippen LogP contribution < -0.4 is 32.2 Å². The molecule has 0 aliphatic carbocycles. The predicted molar refractivity (Wildman–Crippen MR) is 234 cm³/mol. The third kappa shape index (κ3) is 13.6. The summed E-state index contributed by atoms with van der Waals surface area (Å²) < 4.78 is 342. The van der Waals surface area contributed by atoms with Crippen molar-refractivity contribution >= 4 is 50.5 Å². The van der Waals surface area contributed by atoms with E-state index in [4.69, 9.17) is 5.73 Å². The summed E-state index contributed by atoms with van der Waals surface area (Å²) in [5.41, 5.74) is -23.8. The minimum Gasteiger partial charge on any atom is -0.360 e. The number of ketones is 1. The Kier molecular flexibility index (Phi) is 15.9. The molecule has 4 nitrogen and oxygen atoms in total. The topological polar surface area (TPSA) is 64.0 Å². The van der Waals surface area contributed by atoms with Gasteiger partial charge in [-0.1, -0.05) is 97.1 Å². The van der Waals surface area contributed by atoms with E-state index in [1.54, 1.807) is 29.0 Å². The van der Waals surface area contributed by atoms with Crippen molar-refractivity contribution < 1.29 is 120 Å². The average molecular weight is 1150 g/mol. The van der Waals surface area contributed by atoms with Crippen LogP contribution in [0, 0.1) is 0 Å². The summed E-state index contributed by atoms with van der Waals surface area (Å²) in [6, 6.07) is 9.55. The Morgan fingerprint density at radius 1 is 0.354 bits per heavy atom. The molecule has 2 N–H and O–H groups in total. The van der Waals surface area contributed by atoms with Gasteiger partial charge in [0.25, 0.3) is 5.69 Å². The third-order valence-corrected chi connectivity index (χ3v) is 12.0. The fourth-order valence-corrected chi connectivity index (χ4v) is 8.51. The Labute approximate surface area is 426 Å². The minimum atomic E-state index is -6.13. The van der Waals surface area contributed by atoms with Gasteiger partial charge in [0.2, 0.25) is 12.3 Å². The highest BCUT2D eigenvalue weighted by Gasteiger charge is 2.47. The molecule has 0 bridgehead atoms. The molecule has 0 fully saturated rings. The van der Waals surface area contributed by atoms with Gasteiger partial charge in [0.15, 0.2) is 6.20 Å². The number of amides is 1. The van der Waals surface area contributed by atoms with Crippen LogP contribution in [0.1, 0.15) is 65.4 Å². The summed E-state index contributed by atoms with van der Waals surface area (Å²) in [5.74, 6) is -0.616. The van der Waals surface area contributed by atoms with Gasteiger partial charge in [0.05, 0.1) is 44.5 Å². The molecule has 7 rings (SSSR count). The normalized spacial score (nSPS) is 13.3. The second kappa shape index (κ2) is 20.8. The Hall–Kier alpha value is -7.75. The predicted octanol–water partition coefficient (Wildman–Crippen LogP) is 13.3. The molecule has 1 aromatic heterocycles. The molecule has 29 heteroatoms. The van der Waals surface area contributed by atoms with E-state index >= 15 is 0 Å². The maximum atomic E-state index is 14.2. The van der Waals surface area contributed by atoms with Gasteiger partial charge >= 0.3 is 55.3 Å². The molecule has 420 valence electrons. The van der Waals surface area contributed by atoms with Gasteiger partial charge in [-0.25, -0.2) is 0 Å². The van der Waals surface area contributed by atoms with E-state index in [9.17, 15) is 115 Å². The van der Waals surface area contributed by atoms with E-state index < -0.39 is 201 Å². The number of Topliss-reactive ketones (excluding diaryl/α,β-unsaturated/α-hetero) is 1. The molecule has 0 saturated carbocycles. The summed E-state index contributed by atoms with van der Waals surface area (Å²) in [4.78, 5) is 24.0. The summed E-state index contributed by atoms with van der Waals surface area (Å²) in [6.45, 7) is 0.0765. The average Bonchev–Trinajstić information content (AvgIpc) is 3.32. The molecule has 0 aliphatic rings. The number of fused-ring (bicyclic) bond motifs is 1. The molecule has 0 unspecified atom stereocenters. The molecule has 1 amide bonds. The zero-order valence-electron chi connectivity index (χ0n) is 38.5. The zero-order chi connectivity index (χ0) is 59.4. The van der Waals surface area contributed by atoms with Crippen molar-refractivity contribution in [1.29, 1.82) is 0 Å². The molecule has 6 aromatic carbocycles. The van der Waals surface area contributed by atoms with Gasteiger partial charge in [-0.05, 0) is 35.7 Å². The van der Waals surface area contributed by atoms with Crippen LogP contribution in [0.2, 0.25) is 0 Å². The quantitative estimate of drug-likeness (QED) is 0.0713. The first-order chi connectivity index (χ1) is 35.9. The molecule has 0 saturated heterocycles. The third-order valence-electron chi connectivity index (χ3n) is 12.0. The van der Waals surface area contributed by atoms with Crippen LogP contribution in [0.3, 0.4) is 0 Å². The maximum absolute atomic E-state index is 14.2. The lowest BCUT2D eigenvalue weighted by Crippen LogP contribution is -2.75. The van der Waals surface area contributed by atoms with Crippen LogP contribution in [0.25, 0.3) is 10.8 Å². The van der Waals surface area contributed by atoms with E-state index in [0.29, 0.717) is 11.3 Å². The molecular formula is C50H27BF24N2O2. The van der Waals surface area contributed by atoms with E-state index in [1.807, 2.05) is 42.5 Å². The van der Waals surface area contributed by atoms with Gasteiger partial charge in [-0.2, -0.15) is 132 Å². The molecule has 0 atom stereocenters. The lowest BCUT2D eigenvalue weighted by atomic mass is 9.12. The number of benzene rings is 6. The maximum Gasteiger partial charge on any atom is 0.416 e. The number of hydrogen-bond acceptors (Lipinski definition) is 2. The molecule has 1 heterocycles. The SMILES string of the molecule is FC(F)(F)c1cc([B-](c2cc(C(F)(F)F)cc(C(F)(F)F)c2)(c2cc(C(F)(F)F)cc(C(F)(F)F)c2)c2cc(C(F)(F)F)cc(C(F)(F)F)c2)cc(C(F)(F)F)c1.NC(=O)c1cc2ccccc2c[n+]1CC(=O)c1ccccc1. The fourth-order valence-electron chi connectivity index (χ4n) is 8.51. The van der Waals surface area contributed by atoms with E-state index in [-0.39, 0.29) is 12.3 Å². The summed E-state index contributed by atoms with van der Waals surface area (Å²) >= 11 is 0. The number of aromatic nitrogens is 1. The molecule has 7 aromatic rings. The van der Waals surface area contributed by atoms with Crippen LogP contribution in [-0.4, -0.2) is 17.8 Å². The van der Waals surface area contributed by atoms with Crippen LogP contribution in [0.15, 0.2) is 140 Å². The molecule has 0 radical (unpaired) electrons. The Bertz CT molecular complexity index is 2990. The number of rotatable bonds is 8. The second-order valence-electron chi connectivity index (χ2n) is 17.3. The van der Waals surface area contributed by atoms with E-state index in [2.05, 4.69) is 0 Å². The van der Waals surface area contributed by atoms with Crippen molar-refractivity contribution in [3.05, 3.63) is 195 Å². The molecular weight excluding hydrogens is 1130 g/mol. The monoisotopic (exact) mass is 1150 g/mol. The minimum absolute atomic E-state index is 0.0663. The first-order valence-corrected chi connectivity index (χ1v) is 21.6. The summed E-state index contributed by atoms with van der Waals surface area (Å²) in [6.07, 6.45) is -53.0. The van der Waals surface area contributed by atoms with Crippen LogP contribution in [0.5, 0.6) is 0 Å². The number of pyridine rings is 1. The van der Waals surface area contributed by atoms with Crippen molar-refractivity contribution in [2.75, 3.05) is 0 Å².